The van der Waals surface area contributed by atoms with Gasteiger partial charge in [0, 0.05) is 18.1 Å². The predicted octanol–water partition coefficient (Wildman–Crippen LogP) is 3.81. The van der Waals surface area contributed by atoms with Crippen molar-refractivity contribution in [2.24, 2.45) is 0 Å². The molecular weight excluding hydrogens is 354 g/mol. The highest BCUT2D eigenvalue weighted by Crippen LogP contribution is 2.32. The van der Waals surface area contributed by atoms with Gasteiger partial charge >= 0.3 is 0 Å². The van der Waals surface area contributed by atoms with Gasteiger partial charge in [0.1, 0.15) is 18.2 Å². The Morgan fingerprint density at radius 3 is 2.41 bits per heavy atom. The zero-order valence-electron chi connectivity index (χ0n) is 14.0. The molecule has 136 valence electrons. The molecule has 0 saturated heterocycles. The van der Waals surface area contributed by atoms with Gasteiger partial charge < -0.3 is 14.8 Å². The Bertz CT molecular complexity index is 973. The number of fused-ring (bicyclic) bond motifs is 1. The van der Waals surface area contributed by atoms with E-state index >= 15 is 0 Å². The molecule has 1 atom stereocenters. The van der Waals surface area contributed by atoms with Crippen molar-refractivity contribution in [3.8, 4) is 22.6 Å². The van der Waals surface area contributed by atoms with Crippen LogP contribution in [0.1, 0.15) is 0 Å². The lowest BCUT2D eigenvalue weighted by Gasteiger charge is -2.25. The van der Waals surface area contributed by atoms with Crippen LogP contribution in [0.3, 0.4) is 0 Å². The Morgan fingerprint density at radius 2 is 1.70 bits per heavy atom. The van der Waals surface area contributed by atoms with Crippen molar-refractivity contribution in [1.29, 1.82) is 0 Å². The number of aromatic nitrogens is 1. The monoisotopic (exact) mass is 368 g/mol. The van der Waals surface area contributed by atoms with Crippen molar-refractivity contribution in [2.75, 3.05) is 11.9 Å². The van der Waals surface area contributed by atoms with Gasteiger partial charge in [-0.3, -0.25) is 9.78 Å². The number of anilines is 1. The first kappa shape index (κ1) is 17.0. The molecule has 3 aromatic rings. The van der Waals surface area contributed by atoms with E-state index in [9.17, 15) is 13.6 Å². The van der Waals surface area contributed by atoms with Crippen LogP contribution in [-0.2, 0) is 4.79 Å². The van der Waals surface area contributed by atoms with E-state index in [0.29, 0.717) is 17.1 Å². The van der Waals surface area contributed by atoms with E-state index in [2.05, 4.69) is 10.3 Å². The van der Waals surface area contributed by atoms with Gasteiger partial charge in [-0.1, -0.05) is 12.1 Å². The average molecular weight is 368 g/mol. The van der Waals surface area contributed by atoms with Crippen LogP contribution in [0.25, 0.3) is 11.1 Å². The molecule has 1 aromatic heterocycles. The van der Waals surface area contributed by atoms with Gasteiger partial charge in [-0.25, -0.2) is 8.78 Å². The molecule has 1 aliphatic rings. The third kappa shape index (κ3) is 3.44. The Kier molecular flexibility index (Phi) is 4.42. The van der Waals surface area contributed by atoms with Crippen molar-refractivity contribution in [3.05, 3.63) is 72.6 Å². The minimum Gasteiger partial charge on any atom is -0.485 e. The van der Waals surface area contributed by atoms with Crippen molar-refractivity contribution >= 4 is 11.6 Å². The van der Waals surface area contributed by atoms with Crippen LogP contribution in [-0.4, -0.2) is 23.6 Å². The molecule has 0 fully saturated rings. The number of rotatable bonds is 3. The maximum Gasteiger partial charge on any atom is 0.269 e. The molecule has 5 nitrogen and oxygen atoms in total. The lowest BCUT2D eigenvalue weighted by atomic mass is 10.1. The summed E-state index contributed by atoms with van der Waals surface area (Å²) >= 11 is 0. The molecule has 27 heavy (non-hydrogen) atoms. The maximum atomic E-state index is 14.4. The third-order valence-electron chi connectivity index (χ3n) is 4.08. The first-order chi connectivity index (χ1) is 13.1. The van der Waals surface area contributed by atoms with Gasteiger partial charge in [0.15, 0.2) is 11.5 Å². The highest BCUT2D eigenvalue weighted by atomic mass is 19.1. The number of carbonyl (C=O) groups excluding carboxylic acids is 1. The Hall–Kier alpha value is -3.48. The van der Waals surface area contributed by atoms with Gasteiger partial charge in [0.2, 0.25) is 6.10 Å². The number of nitrogens with zero attached hydrogens (tertiary/aromatic N) is 1. The zero-order valence-corrected chi connectivity index (χ0v) is 14.0. The summed E-state index contributed by atoms with van der Waals surface area (Å²) in [4.78, 5) is 16.2. The summed E-state index contributed by atoms with van der Waals surface area (Å²) in [6.07, 6.45) is 1.97. The number of carbonyl (C=O) groups is 1. The summed E-state index contributed by atoms with van der Waals surface area (Å²) in [5.41, 5.74) is 0.176. The molecule has 0 bridgehead atoms. The number of nitrogens with one attached hydrogen (secondary N) is 1. The van der Waals surface area contributed by atoms with E-state index in [-0.39, 0.29) is 17.9 Å². The third-order valence-corrected chi connectivity index (χ3v) is 4.08. The number of benzene rings is 2. The molecule has 0 radical (unpaired) electrons. The molecule has 1 aliphatic heterocycles. The number of ether oxygens (including phenoxy) is 2. The number of pyridine rings is 1. The normalized spacial score (nSPS) is 15.3. The fourth-order valence-electron chi connectivity index (χ4n) is 2.81. The fourth-order valence-corrected chi connectivity index (χ4v) is 2.81. The molecule has 1 unspecified atom stereocenters. The summed E-state index contributed by atoms with van der Waals surface area (Å²) < 4.78 is 39.9. The second-order valence-electron chi connectivity index (χ2n) is 5.90. The SMILES string of the molecule is O=C(Nc1cc(F)c(-c2ccncc2)c(F)c1)C1COc2ccccc2O1. The topological polar surface area (TPSA) is 60.5 Å². The highest BCUT2D eigenvalue weighted by Gasteiger charge is 2.27. The second kappa shape index (κ2) is 7.03. The van der Waals surface area contributed by atoms with Crippen molar-refractivity contribution < 1.29 is 23.0 Å². The summed E-state index contributed by atoms with van der Waals surface area (Å²) in [7, 11) is 0. The van der Waals surface area contributed by atoms with E-state index in [1.165, 1.54) is 24.5 Å². The molecule has 7 heteroatoms. The van der Waals surface area contributed by atoms with Crippen LogP contribution in [0.15, 0.2) is 60.9 Å². The molecule has 1 N–H and O–H groups in total. The smallest absolute Gasteiger partial charge is 0.269 e. The van der Waals surface area contributed by atoms with Crippen LogP contribution < -0.4 is 14.8 Å². The molecule has 4 rings (SSSR count). The minimum atomic E-state index is -0.925. The molecule has 2 aromatic carbocycles. The second-order valence-corrected chi connectivity index (χ2v) is 5.90. The average Bonchev–Trinajstić information content (AvgIpc) is 2.68. The van der Waals surface area contributed by atoms with Crippen LogP contribution in [0, 0.1) is 11.6 Å². The van der Waals surface area contributed by atoms with Crippen LogP contribution in [0.5, 0.6) is 11.5 Å². The van der Waals surface area contributed by atoms with E-state index < -0.39 is 23.6 Å². The summed E-state index contributed by atoms with van der Waals surface area (Å²) in [6.45, 7) is 0.00289. The zero-order chi connectivity index (χ0) is 18.8. The van der Waals surface area contributed by atoms with Crippen molar-refractivity contribution in [3.63, 3.8) is 0 Å². The first-order valence-corrected chi connectivity index (χ1v) is 8.20. The standard InChI is InChI=1S/C20H14F2N2O3/c21-14-9-13(10-15(22)19(14)12-5-7-23-8-6-12)24-20(25)18-11-26-16-3-1-2-4-17(16)27-18/h1-10,18H,11H2,(H,24,25). The number of para-hydroxylation sites is 2. The minimum absolute atomic E-state index is 0.00289. The summed E-state index contributed by atoms with van der Waals surface area (Å²) in [6, 6.07) is 12.1. The fraction of sp³-hybridized carbons (Fsp3) is 0.100. The molecular formula is C20H14F2N2O3. The Morgan fingerprint density at radius 1 is 1.04 bits per heavy atom. The summed E-state index contributed by atoms with van der Waals surface area (Å²) in [5, 5.41) is 2.47. The Balaban J connectivity index is 1.53. The van der Waals surface area contributed by atoms with Crippen molar-refractivity contribution in [1.82, 2.24) is 4.98 Å². The van der Waals surface area contributed by atoms with Crippen LogP contribution in [0.4, 0.5) is 14.5 Å². The van der Waals surface area contributed by atoms with E-state index in [1.54, 1.807) is 24.3 Å². The molecule has 0 spiro atoms. The number of halogens is 2. The van der Waals surface area contributed by atoms with Crippen LogP contribution in [0.2, 0.25) is 0 Å². The largest absolute Gasteiger partial charge is 0.485 e. The van der Waals surface area contributed by atoms with Gasteiger partial charge in [-0.05, 0) is 42.0 Å². The van der Waals surface area contributed by atoms with Gasteiger partial charge in [0.05, 0.1) is 5.56 Å². The van der Waals surface area contributed by atoms with E-state index in [4.69, 9.17) is 9.47 Å². The Labute approximate surface area is 153 Å². The summed E-state index contributed by atoms with van der Waals surface area (Å²) in [5.74, 6) is -1.15. The first-order valence-electron chi connectivity index (χ1n) is 8.20. The number of hydrogen-bond acceptors (Lipinski definition) is 4. The molecule has 0 aliphatic carbocycles. The predicted molar refractivity (Wildman–Crippen MR) is 94.6 cm³/mol. The van der Waals surface area contributed by atoms with E-state index in [1.807, 2.05) is 0 Å². The lowest BCUT2D eigenvalue weighted by Crippen LogP contribution is -2.40. The van der Waals surface area contributed by atoms with E-state index in [0.717, 1.165) is 12.1 Å². The van der Waals surface area contributed by atoms with Gasteiger partial charge in [-0.15, -0.1) is 0 Å². The van der Waals surface area contributed by atoms with Gasteiger partial charge in [0.25, 0.3) is 5.91 Å². The maximum absolute atomic E-state index is 14.4. The lowest BCUT2D eigenvalue weighted by molar-refractivity contribution is -0.125. The van der Waals surface area contributed by atoms with Gasteiger partial charge in [-0.2, -0.15) is 0 Å². The molecule has 1 amide bonds. The quantitative estimate of drug-likeness (QED) is 0.764. The number of amides is 1. The molecule has 0 saturated carbocycles. The highest BCUT2D eigenvalue weighted by molar-refractivity contribution is 5.95. The number of hydrogen-bond donors (Lipinski definition) is 1. The molecule has 2 heterocycles. The van der Waals surface area contributed by atoms with Crippen LogP contribution >= 0.6 is 0 Å². The van der Waals surface area contributed by atoms with Crippen molar-refractivity contribution in [2.45, 2.75) is 6.10 Å².